The minimum atomic E-state index is -1.13. The van der Waals surface area contributed by atoms with Gasteiger partial charge in [0.1, 0.15) is 5.75 Å². The van der Waals surface area contributed by atoms with Crippen LogP contribution in [0.4, 0.5) is 11.4 Å². The van der Waals surface area contributed by atoms with Crippen molar-refractivity contribution in [3.63, 3.8) is 0 Å². The second-order valence-electron chi connectivity index (χ2n) is 5.08. The van der Waals surface area contributed by atoms with Gasteiger partial charge in [-0.05, 0) is 13.0 Å². The Morgan fingerprint density at radius 2 is 2.12 bits per heavy atom. The number of hydrogen-bond acceptors (Lipinski definition) is 7. The van der Waals surface area contributed by atoms with E-state index >= 15 is 0 Å². The number of nitro benzene ring substituents is 1. The second-order valence-corrected chi connectivity index (χ2v) is 5.08. The molecule has 10 heteroatoms. The molecule has 1 aromatic heterocycles. The molecule has 0 saturated carbocycles. The van der Waals surface area contributed by atoms with E-state index in [1.807, 2.05) is 0 Å². The summed E-state index contributed by atoms with van der Waals surface area (Å²) in [6, 6.07) is 3.77. The van der Waals surface area contributed by atoms with Gasteiger partial charge in [0.15, 0.2) is 6.10 Å². The van der Waals surface area contributed by atoms with E-state index in [1.165, 1.54) is 43.2 Å². The number of benzene rings is 1. The van der Waals surface area contributed by atoms with Gasteiger partial charge in [-0.15, -0.1) is 0 Å². The van der Waals surface area contributed by atoms with Crippen LogP contribution < -0.4 is 10.1 Å². The van der Waals surface area contributed by atoms with Gasteiger partial charge in [0.2, 0.25) is 0 Å². The second kappa shape index (κ2) is 7.43. The number of nitrogens with one attached hydrogen (secondary N) is 1. The maximum Gasteiger partial charge on any atom is 0.342 e. The van der Waals surface area contributed by atoms with Crippen LogP contribution in [0.5, 0.6) is 5.75 Å². The molecule has 1 amide bonds. The highest BCUT2D eigenvalue weighted by Crippen LogP contribution is 2.29. The number of nitro groups is 1. The lowest BCUT2D eigenvalue weighted by atomic mass is 10.2. The fourth-order valence-corrected chi connectivity index (χ4v) is 1.95. The predicted molar refractivity (Wildman–Crippen MR) is 86.4 cm³/mol. The van der Waals surface area contributed by atoms with Gasteiger partial charge in [-0.3, -0.25) is 19.6 Å². The molecule has 0 aliphatic carbocycles. The van der Waals surface area contributed by atoms with E-state index in [0.717, 1.165) is 6.07 Å². The van der Waals surface area contributed by atoms with Gasteiger partial charge in [-0.1, -0.05) is 0 Å². The molecular weight excluding hydrogens is 332 g/mol. The van der Waals surface area contributed by atoms with Crippen molar-refractivity contribution >= 4 is 23.3 Å². The molecule has 0 aliphatic rings. The molecule has 0 radical (unpaired) electrons. The number of aryl methyl sites for hydroxylation is 1. The van der Waals surface area contributed by atoms with Crippen LogP contribution in [0.15, 0.2) is 30.6 Å². The number of aromatic nitrogens is 2. The summed E-state index contributed by atoms with van der Waals surface area (Å²) >= 11 is 0. The van der Waals surface area contributed by atoms with Gasteiger partial charge in [0.05, 0.1) is 29.5 Å². The zero-order chi connectivity index (χ0) is 18.6. The van der Waals surface area contributed by atoms with Crippen LogP contribution in [0, 0.1) is 10.1 Å². The number of ether oxygens (including phenoxy) is 2. The summed E-state index contributed by atoms with van der Waals surface area (Å²) < 4.78 is 11.5. The summed E-state index contributed by atoms with van der Waals surface area (Å²) in [6.45, 7) is 1.38. The molecule has 1 aromatic carbocycles. The number of rotatable bonds is 6. The lowest BCUT2D eigenvalue weighted by Crippen LogP contribution is -2.30. The molecule has 10 nitrogen and oxygen atoms in total. The number of hydrogen-bond donors (Lipinski definition) is 1. The van der Waals surface area contributed by atoms with Gasteiger partial charge in [-0.25, -0.2) is 4.79 Å². The van der Waals surface area contributed by atoms with Crippen molar-refractivity contribution in [1.29, 1.82) is 0 Å². The Morgan fingerprint density at radius 3 is 2.68 bits per heavy atom. The molecule has 0 spiro atoms. The largest absolute Gasteiger partial charge is 0.495 e. The summed E-state index contributed by atoms with van der Waals surface area (Å²) in [6.07, 6.45) is 1.64. The zero-order valence-electron chi connectivity index (χ0n) is 13.8. The number of methoxy groups -OCH3 is 1. The van der Waals surface area contributed by atoms with Gasteiger partial charge >= 0.3 is 5.97 Å². The van der Waals surface area contributed by atoms with Gasteiger partial charge < -0.3 is 14.8 Å². The van der Waals surface area contributed by atoms with E-state index in [0.29, 0.717) is 0 Å². The molecule has 0 bridgehead atoms. The molecule has 1 N–H and O–H groups in total. The van der Waals surface area contributed by atoms with Crippen molar-refractivity contribution in [3.8, 4) is 5.75 Å². The fourth-order valence-electron chi connectivity index (χ4n) is 1.95. The van der Waals surface area contributed by atoms with Crippen molar-refractivity contribution < 1.29 is 24.0 Å². The minimum absolute atomic E-state index is 0.103. The van der Waals surface area contributed by atoms with Crippen LogP contribution in [-0.2, 0) is 16.6 Å². The van der Waals surface area contributed by atoms with Crippen LogP contribution in [0.1, 0.15) is 17.3 Å². The van der Waals surface area contributed by atoms with Gasteiger partial charge in [-0.2, -0.15) is 5.10 Å². The molecule has 132 valence electrons. The number of non-ortho nitro benzene ring substituents is 1. The number of amides is 1. The first-order valence-electron chi connectivity index (χ1n) is 7.14. The van der Waals surface area contributed by atoms with Crippen LogP contribution in [-0.4, -0.2) is 39.8 Å². The Morgan fingerprint density at radius 1 is 1.40 bits per heavy atom. The third kappa shape index (κ3) is 4.31. The maximum atomic E-state index is 12.2. The lowest BCUT2D eigenvalue weighted by Gasteiger charge is -2.14. The van der Waals surface area contributed by atoms with Crippen LogP contribution in [0.25, 0.3) is 0 Å². The van der Waals surface area contributed by atoms with E-state index < -0.39 is 22.9 Å². The minimum Gasteiger partial charge on any atom is -0.495 e. The molecule has 1 heterocycles. The summed E-state index contributed by atoms with van der Waals surface area (Å²) in [5.41, 5.74) is 0.0946. The van der Waals surface area contributed by atoms with Crippen LogP contribution in [0.3, 0.4) is 0 Å². The van der Waals surface area contributed by atoms with Gasteiger partial charge in [0, 0.05) is 25.4 Å². The topological polar surface area (TPSA) is 126 Å². The summed E-state index contributed by atoms with van der Waals surface area (Å²) in [5, 5.41) is 17.1. The highest BCUT2D eigenvalue weighted by atomic mass is 16.6. The molecule has 2 rings (SSSR count). The van der Waals surface area contributed by atoms with Gasteiger partial charge in [0.25, 0.3) is 11.6 Å². The van der Waals surface area contributed by atoms with E-state index in [1.54, 1.807) is 7.05 Å². The Kier molecular flexibility index (Phi) is 5.32. The zero-order valence-corrected chi connectivity index (χ0v) is 13.8. The summed E-state index contributed by atoms with van der Waals surface area (Å²) in [4.78, 5) is 34.4. The normalized spacial score (nSPS) is 11.5. The SMILES string of the molecule is COc1ccc([N+](=O)[O-])cc1NC(=O)C(C)OC(=O)c1cnn(C)c1. The van der Waals surface area contributed by atoms with Crippen LogP contribution in [0.2, 0.25) is 0 Å². The molecule has 2 aromatic rings. The van der Waals surface area contributed by atoms with Crippen molar-refractivity contribution in [1.82, 2.24) is 9.78 Å². The predicted octanol–water partition coefficient (Wildman–Crippen LogP) is 1.52. The third-order valence-electron chi connectivity index (χ3n) is 3.25. The number of anilines is 1. The smallest absolute Gasteiger partial charge is 0.342 e. The molecule has 0 aliphatic heterocycles. The number of carbonyl (C=O) groups is 2. The highest BCUT2D eigenvalue weighted by molar-refractivity contribution is 5.98. The number of nitrogens with zero attached hydrogens (tertiary/aromatic N) is 3. The first-order chi connectivity index (χ1) is 11.8. The lowest BCUT2D eigenvalue weighted by molar-refractivity contribution is -0.384. The first-order valence-corrected chi connectivity index (χ1v) is 7.14. The average molecular weight is 348 g/mol. The molecule has 1 unspecified atom stereocenters. The van der Waals surface area contributed by atoms with Crippen molar-refractivity contribution in [2.24, 2.45) is 7.05 Å². The summed E-state index contributed by atoms with van der Waals surface area (Å²) in [5.74, 6) is -1.12. The standard InChI is InChI=1S/C15H16N4O6/c1-9(25-15(21)10-7-16-18(2)8-10)14(20)17-12-6-11(19(22)23)4-5-13(12)24-3/h4-9H,1-3H3,(H,17,20). The molecular formula is C15H16N4O6. The molecule has 0 fully saturated rings. The monoisotopic (exact) mass is 348 g/mol. The van der Waals surface area contributed by atoms with Crippen molar-refractivity contribution in [2.75, 3.05) is 12.4 Å². The number of carbonyl (C=O) groups excluding carboxylic acids is 2. The fraction of sp³-hybridized carbons (Fsp3) is 0.267. The Hall–Kier alpha value is -3.43. The van der Waals surface area contributed by atoms with E-state index in [-0.39, 0.29) is 22.7 Å². The van der Waals surface area contributed by atoms with E-state index in [2.05, 4.69) is 10.4 Å². The van der Waals surface area contributed by atoms with E-state index in [4.69, 9.17) is 9.47 Å². The summed E-state index contributed by atoms with van der Waals surface area (Å²) in [7, 11) is 3.00. The molecule has 25 heavy (non-hydrogen) atoms. The molecule has 0 saturated heterocycles. The first kappa shape index (κ1) is 17.9. The average Bonchev–Trinajstić information content (AvgIpc) is 3.01. The number of esters is 1. The quantitative estimate of drug-likeness (QED) is 0.476. The molecule has 1 atom stereocenters. The van der Waals surface area contributed by atoms with E-state index in [9.17, 15) is 19.7 Å². The Bertz CT molecular complexity index is 816. The maximum absolute atomic E-state index is 12.2. The van der Waals surface area contributed by atoms with Crippen molar-refractivity contribution in [2.45, 2.75) is 13.0 Å². The van der Waals surface area contributed by atoms with Crippen molar-refractivity contribution in [3.05, 3.63) is 46.3 Å². The third-order valence-corrected chi connectivity index (χ3v) is 3.25. The highest BCUT2D eigenvalue weighted by Gasteiger charge is 2.22. The Balaban J connectivity index is 2.09. The Labute approximate surface area is 142 Å². The van der Waals surface area contributed by atoms with Crippen LogP contribution >= 0.6 is 0 Å².